The van der Waals surface area contributed by atoms with E-state index >= 15 is 0 Å². The van der Waals surface area contributed by atoms with Gasteiger partial charge in [-0.05, 0) is 7.05 Å². The molecule has 1 fully saturated rings. The van der Waals surface area contributed by atoms with Gasteiger partial charge >= 0.3 is 5.69 Å². The lowest BCUT2D eigenvalue weighted by Crippen LogP contribution is -2.47. The van der Waals surface area contributed by atoms with Crippen molar-refractivity contribution in [1.29, 1.82) is 0 Å². The third kappa shape index (κ3) is 2.46. The van der Waals surface area contributed by atoms with Crippen LogP contribution in [0.4, 0.5) is 5.69 Å². The van der Waals surface area contributed by atoms with E-state index in [1.165, 1.54) is 10.8 Å². The van der Waals surface area contributed by atoms with Gasteiger partial charge in [-0.3, -0.25) is 9.36 Å². The van der Waals surface area contributed by atoms with Crippen LogP contribution in [0.1, 0.15) is 0 Å². The number of hydrogen-bond donors (Lipinski definition) is 1. The summed E-state index contributed by atoms with van der Waals surface area (Å²) in [5.74, 6) is 0. The van der Waals surface area contributed by atoms with Gasteiger partial charge in [0.2, 0.25) is 0 Å². The van der Waals surface area contributed by atoms with E-state index in [2.05, 4.69) is 4.90 Å². The first-order chi connectivity index (χ1) is 8.49. The van der Waals surface area contributed by atoms with Crippen LogP contribution in [0.25, 0.3) is 0 Å². The molecule has 2 heterocycles. The molecule has 1 aliphatic heterocycles. The normalized spacial score (nSPS) is 21.1. The summed E-state index contributed by atoms with van der Waals surface area (Å²) in [5, 5.41) is 0. The van der Waals surface area contributed by atoms with Crippen LogP contribution >= 0.6 is 0 Å². The Hall–Kier alpha value is -1.60. The van der Waals surface area contributed by atoms with E-state index in [1.807, 2.05) is 7.05 Å². The van der Waals surface area contributed by atoms with Crippen LogP contribution in [-0.2, 0) is 18.3 Å². The van der Waals surface area contributed by atoms with Gasteiger partial charge in [0.25, 0.3) is 5.56 Å². The SMILES string of the molecule is CN1CCOC(Cn2c(=O)c(N)cn(C)c2=O)C1. The second-order valence-corrected chi connectivity index (χ2v) is 4.65. The number of nitrogens with zero attached hydrogens (tertiary/aromatic N) is 3. The summed E-state index contributed by atoms with van der Waals surface area (Å²) >= 11 is 0. The van der Waals surface area contributed by atoms with E-state index in [-0.39, 0.29) is 24.0 Å². The van der Waals surface area contributed by atoms with E-state index in [0.29, 0.717) is 13.2 Å². The number of morpholine rings is 1. The molecule has 0 saturated carbocycles. The molecule has 1 aromatic rings. The van der Waals surface area contributed by atoms with Crippen LogP contribution in [0.2, 0.25) is 0 Å². The molecule has 0 aliphatic carbocycles. The summed E-state index contributed by atoms with van der Waals surface area (Å²) < 4.78 is 8.00. The molecule has 1 aromatic heterocycles. The van der Waals surface area contributed by atoms with Crippen LogP contribution in [0.5, 0.6) is 0 Å². The first kappa shape index (κ1) is 12.8. The number of aryl methyl sites for hydroxylation is 1. The lowest BCUT2D eigenvalue weighted by molar-refractivity contribution is -0.0285. The quantitative estimate of drug-likeness (QED) is 0.691. The number of aromatic nitrogens is 2. The maximum atomic E-state index is 11.9. The van der Waals surface area contributed by atoms with E-state index < -0.39 is 5.56 Å². The minimum Gasteiger partial charge on any atom is -0.393 e. The van der Waals surface area contributed by atoms with Crippen molar-refractivity contribution in [2.45, 2.75) is 12.6 Å². The number of hydrogen-bond acceptors (Lipinski definition) is 5. The lowest BCUT2D eigenvalue weighted by Gasteiger charge is -2.30. The van der Waals surface area contributed by atoms with Crippen LogP contribution in [0, 0.1) is 0 Å². The van der Waals surface area contributed by atoms with Crippen LogP contribution in [-0.4, -0.2) is 46.9 Å². The van der Waals surface area contributed by atoms with Crippen molar-refractivity contribution in [2.24, 2.45) is 7.05 Å². The molecule has 100 valence electrons. The Bertz CT molecular complexity index is 514. The number of anilines is 1. The van der Waals surface area contributed by atoms with E-state index in [9.17, 15) is 9.59 Å². The van der Waals surface area contributed by atoms with Crippen molar-refractivity contribution in [3.05, 3.63) is 27.0 Å². The Morgan fingerprint density at radius 3 is 2.83 bits per heavy atom. The molecule has 0 radical (unpaired) electrons. The van der Waals surface area contributed by atoms with Crippen LogP contribution in [0.15, 0.2) is 15.8 Å². The molecular weight excluding hydrogens is 236 g/mol. The lowest BCUT2D eigenvalue weighted by atomic mass is 10.3. The summed E-state index contributed by atoms with van der Waals surface area (Å²) in [4.78, 5) is 25.9. The van der Waals surface area contributed by atoms with Gasteiger partial charge in [-0.25, -0.2) is 4.79 Å². The highest BCUT2D eigenvalue weighted by molar-refractivity contribution is 5.30. The summed E-state index contributed by atoms with van der Waals surface area (Å²) in [7, 11) is 3.55. The largest absolute Gasteiger partial charge is 0.393 e. The zero-order valence-corrected chi connectivity index (χ0v) is 10.6. The van der Waals surface area contributed by atoms with Crippen molar-refractivity contribution in [2.75, 3.05) is 32.5 Å². The van der Waals surface area contributed by atoms with Crippen molar-refractivity contribution < 1.29 is 4.74 Å². The number of likely N-dealkylation sites (N-methyl/N-ethyl adjacent to an activating group) is 1. The van der Waals surface area contributed by atoms with Gasteiger partial charge in [0.1, 0.15) is 5.69 Å². The Morgan fingerprint density at radius 2 is 2.17 bits per heavy atom. The molecule has 0 aromatic carbocycles. The van der Waals surface area contributed by atoms with Gasteiger partial charge in [0, 0.05) is 26.3 Å². The average molecular weight is 254 g/mol. The fraction of sp³-hybridized carbons (Fsp3) is 0.636. The van der Waals surface area contributed by atoms with Crippen LogP contribution < -0.4 is 17.0 Å². The van der Waals surface area contributed by atoms with Gasteiger partial charge in [0.05, 0.1) is 19.3 Å². The maximum Gasteiger partial charge on any atom is 0.330 e. The van der Waals surface area contributed by atoms with Crippen LogP contribution in [0.3, 0.4) is 0 Å². The molecule has 2 N–H and O–H groups in total. The molecule has 18 heavy (non-hydrogen) atoms. The summed E-state index contributed by atoms with van der Waals surface area (Å²) in [6.45, 7) is 2.41. The maximum absolute atomic E-state index is 11.9. The predicted molar refractivity (Wildman–Crippen MR) is 67.6 cm³/mol. The monoisotopic (exact) mass is 254 g/mol. The molecule has 0 spiro atoms. The zero-order chi connectivity index (χ0) is 13.3. The van der Waals surface area contributed by atoms with Gasteiger partial charge in [-0.15, -0.1) is 0 Å². The topological polar surface area (TPSA) is 82.5 Å². The van der Waals surface area contributed by atoms with Crippen molar-refractivity contribution >= 4 is 5.69 Å². The van der Waals surface area contributed by atoms with Gasteiger partial charge < -0.3 is 19.9 Å². The second kappa shape index (κ2) is 4.95. The summed E-state index contributed by atoms with van der Waals surface area (Å²) in [6, 6.07) is 0. The summed E-state index contributed by atoms with van der Waals surface area (Å²) in [6.07, 6.45) is 1.19. The Morgan fingerprint density at radius 1 is 1.44 bits per heavy atom. The Kier molecular flexibility index (Phi) is 3.53. The van der Waals surface area contributed by atoms with Gasteiger partial charge in [-0.1, -0.05) is 0 Å². The molecule has 0 amide bonds. The van der Waals surface area contributed by atoms with Gasteiger partial charge in [-0.2, -0.15) is 0 Å². The average Bonchev–Trinajstić information content (AvgIpc) is 2.32. The number of rotatable bonds is 2. The molecule has 1 unspecified atom stereocenters. The predicted octanol–water partition coefficient (Wildman–Crippen LogP) is -1.54. The van der Waals surface area contributed by atoms with Gasteiger partial charge in [0.15, 0.2) is 0 Å². The Labute approximate surface area is 104 Å². The minimum absolute atomic E-state index is 0.0706. The van der Waals surface area contributed by atoms with E-state index in [1.54, 1.807) is 7.05 Å². The fourth-order valence-corrected chi connectivity index (χ4v) is 2.09. The third-order valence-corrected chi connectivity index (χ3v) is 3.09. The standard InChI is InChI=1S/C11H18N4O3/c1-13-3-4-18-8(5-13)6-15-10(16)9(12)7-14(2)11(15)17/h7-8H,3-6,12H2,1-2H3. The highest BCUT2D eigenvalue weighted by Crippen LogP contribution is 2.04. The summed E-state index contributed by atoms with van der Waals surface area (Å²) in [5.41, 5.74) is 4.83. The first-order valence-electron chi connectivity index (χ1n) is 5.85. The molecule has 0 bridgehead atoms. The molecule has 2 rings (SSSR count). The van der Waals surface area contributed by atoms with Crippen molar-refractivity contribution in [1.82, 2.24) is 14.0 Å². The molecule has 1 aliphatic rings. The highest BCUT2D eigenvalue weighted by atomic mass is 16.5. The highest BCUT2D eigenvalue weighted by Gasteiger charge is 2.20. The minimum atomic E-state index is -0.449. The smallest absolute Gasteiger partial charge is 0.330 e. The Balaban J connectivity index is 2.29. The second-order valence-electron chi connectivity index (χ2n) is 4.65. The number of nitrogens with two attached hydrogens (primary N) is 1. The van der Waals surface area contributed by atoms with Crippen molar-refractivity contribution in [3.8, 4) is 0 Å². The molecule has 7 heteroatoms. The van der Waals surface area contributed by atoms with Crippen molar-refractivity contribution in [3.63, 3.8) is 0 Å². The van der Waals surface area contributed by atoms with E-state index in [4.69, 9.17) is 10.5 Å². The fourth-order valence-electron chi connectivity index (χ4n) is 2.09. The number of ether oxygens (including phenoxy) is 1. The molecule has 7 nitrogen and oxygen atoms in total. The molecule has 1 atom stereocenters. The first-order valence-corrected chi connectivity index (χ1v) is 5.85. The van der Waals surface area contributed by atoms with E-state index in [0.717, 1.165) is 11.1 Å². The zero-order valence-electron chi connectivity index (χ0n) is 10.6. The molecule has 1 saturated heterocycles. The third-order valence-electron chi connectivity index (χ3n) is 3.09. The number of nitrogen functional groups attached to an aromatic ring is 1. The molecular formula is C11H18N4O3.